The number of carbonyl (C=O) groups excluding carboxylic acids is 2. The fourth-order valence-electron chi connectivity index (χ4n) is 3.08. The Kier molecular flexibility index (Phi) is 3.71. The minimum absolute atomic E-state index is 0.0598. The first-order valence-electron chi connectivity index (χ1n) is 7.32. The molecule has 2 fully saturated rings. The average molecular weight is 276 g/mol. The summed E-state index contributed by atoms with van der Waals surface area (Å²) in [4.78, 5) is 32.0. The molecule has 1 aromatic heterocycles. The fourth-order valence-corrected chi connectivity index (χ4v) is 3.08. The van der Waals surface area contributed by atoms with Crippen LogP contribution < -0.4 is 0 Å². The second-order valence-corrected chi connectivity index (χ2v) is 5.55. The molecule has 0 N–H and O–H groups in total. The monoisotopic (exact) mass is 276 g/mol. The lowest BCUT2D eigenvalue weighted by Crippen LogP contribution is -2.52. The van der Waals surface area contributed by atoms with E-state index in [0.29, 0.717) is 26.2 Å². The van der Waals surface area contributed by atoms with Crippen molar-refractivity contribution < 1.29 is 9.59 Å². The van der Waals surface area contributed by atoms with E-state index in [1.165, 1.54) is 23.7 Å². The summed E-state index contributed by atoms with van der Waals surface area (Å²) in [5.74, 6) is 0.517. The van der Waals surface area contributed by atoms with Crippen molar-refractivity contribution in [2.75, 3.05) is 26.2 Å². The third-order valence-corrected chi connectivity index (χ3v) is 4.29. The highest BCUT2D eigenvalue weighted by molar-refractivity contribution is 5.80. The minimum Gasteiger partial charge on any atom is -0.339 e. The van der Waals surface area contributed by atoms with Gasteiger partial charge in [-0.25, -0.2) is 9.78 Å². The first-order valence-corrected chi connectivity index (χ1v) is 7.32. The molecule has 1 aliphatic carbocycles. The van der Waals surface area contributed by atoms with Crippen LogP contribution in [0.15, 0.2) is 18.7 Å². The third kappa shape index (κ3) is 2.55. The molecular weight excluding hydrogens is 256 g/mol. The summed E-state index contributed by atoms with van der Waals surface area (Å²) < 4.78 is 1.48. The molecule has 6 nitrogen and oxygen atoms in total. The summed E-state index contributed by atoms with van der Waals surface area (Å²) in [6, 6.07) is -0.0598. The van der Waals surface area contributed by atoms with Crippen LogP contribution in [0, 0.1) is 5.92 Å². The van der Waals surface area contributed by atoms with Gasteiger partial charge in [-0.3, -0.25) is 9.36 Å². The smallest absolute Gasteiger partial charge is 0.329 e. The van der Waals surface area contributed by atoms with Gasteiger partial charge in [0.15, 0.2) is 0 Å². The molecule has 0 atom stereocenters. The summed E-state index contributed by atoms with van der Waals surface area (Å²) in [7, 11) is 0. The van der Waals surface area contributed by atoms with E-state index in [2.05, 4.69) is 4.98 Å². The quantitative estimate of drug-likeness (QED) is 0.774. The summed E-state index contributed by atoms with van der Waals surface area (Å²) in [5.41, 5.74) is 0. The molecule has 1 aromatic rings. The average Bonchev–Trinajstić information content (AvgIpc) is 3.18. The summed E-state index contributed by atoms with van der Waals surface area (Å²) in [6.45, 7) is 2.51. The summed E-state index contributed by atoms with van der Waals surface area (Å²) in [6.07, 6.45) is 9.18. The highest BCUT2D eigenvalue weighted by Gasteiger charge is 2.30. The molecule has 6 heteroatoms. The van der Waals surface area contributed by atoms with Gasteiger partial charge in [-0.15, -0.1) is 0 Å². The molecule has 1 aliphatic heterocycles. The van der Waals surface area contributed by atoms with Gasteiger partial charge in [0.25, 0.3) is 0 Å². The number of hydrogen-bond acceptors (Lipinski definition) is 3. The van der Waals surface area contributed by atoms with E-state index < -0.39 is 0 Å². The van der Waals surface area contributed by atoms with Crippen molar-refractivity contribution in [3.05, 3.63) is 18.7 Å². The maximum absolute atomic E-state index is 12.3. The fraction of sp³-hybridized carbons (Fsp3) is 0.643. The van der Waals surface area contributed by atoms with Crippen LogP contribution in [-0.4, -0.2) is 57.5 Å². The SMILES string of the molecule is O=C(C1CCCC1)N1CCN(C(=O)n2ccnc2)CC1. The molecule has 2 amide bonds. The topological polar surface area (TPSA) is 58.4 Å². The van der Waals surface area contributed by atoms with Crippen molar-refractivity contribution in [1.82, 2.24) is 19.4 Å². The van der Waals surface area contributed by atoms with Crippen LogP contribution in [0.1, 0.15) is 25.7 Å². The van der Waals surface area contributed by atoms with Gasteiger partial charge in [0.05, 0.1) is 0 Å². The Morgan fingerprint density at radius 2 is 1.65 bits per heavy atom. The van der Waals surface area contributed by atoms with Crippen molar-refractivity contribution in [1.29, 1.82) is 0 Å². The van der Waals surface area contributed by atoms with E-state index in [0.717, 1.165) is 12.8 Å². The van der Waals surface area contributed by atoms with Gasteiger partial charge < -0.3 is 9.80 Å². The Hall–Kier alpha value is -1.85. The zero-order valence-electron chi connectivity index (χ0n) is 11.6. The number of carbonyl (C=O) groups is 2. The Labute approximate surface area is 118 Å². The second kappa shape index (κ2) is 5.64. The predicted molar refractivity (Wildman–Crippen MR) is 73.1 cm³/mol. The van der Waals surface area contributed by atoms with Gasteiger partial charge in [0, 0.05) is 44.5 Å². The van der Waals surface area contributed by atoms with Crippen LogP contribution in [0.3, 0.4) is 0 Å². The van der Waals surface area contributed by atoms with Gasteiger partial charge in [-0.1, -0.05) is 12.8 Å². The molecule has 2 aliphatic rings. The highest BCUT2D eigenvalue weighted by Crippen LogP contribution is 2.26. The standard InChI is InChI=1S/C14H20N4O2/c19-13(12-3-1-2-4-12)16-7-9-17(10-8-16)14(20)18-6-5-15-11-18/h5-6,11-12H,1-4,7-10H2. The zero-order chi connectivity index (χ0) is 13.9. The number of piperazine rings is 1. The largest absolute Gasteiger partial charge is 0.339 e. The number of rotatable bonds is 1. The van der Waals surface area contributed by atoms with Gasteiger partial charge in [-0.2, -0.15) is 0 Å². The van der Waals surface area contributed by atoms with Gasteiger partial charge in [0.1, 0.15) is 6.33 Å². The maximum Gasteiger partial charge on any atom is 0.329 e. The molecule has 3 rings (SSSR count). The van der Waals surface area contributed by atoms with Crippen LogP contribution in [0.4, 0.5) is 4.79 Å². The summed E-state index contributed by atoms with van der Waals surface area (Å²) in [5, 5.41) is 0. The molecule has 0 aromatic carbocycles. The van der Waals surface area contributed by atoms with Crippen molar-refractivity contribution in [3.63, 3.8) is 0 Å². The van der Waals surface area contributed by atoms with Gasteiger partial charge in [-0.05, 0) is 12.8 Å². The number of hydrogen-bond donors (Lipinski definition) is 0. The van der Waals surface area contributed by atoms with Crippen LogP contribution >= 0.6 is 0 Å². The van der Waals surface area contributed by atoms with E-state index in [-0.39, 0.29) is 17.9 Å². The molecule has 2 heterocycles. The lowest BCUT2D eigenvalue weighted by atomic mass is 10.1. The van der Waals surface area contributed by atoms with E-state index >= 15 is 0 Å². The first kappa shape index (κ1) is 13.1. The normalized spacial score (nSPS) is 20.4. The Bertz CT molecular complexity index is 471. The van der Waals surface area contributed by atoms with Crippen LogP contribution in [0.2, 0.25) is 0 Å². The zero-order valence-corrected chi connectivity index (χ0v) is 11.6. The number of imidazole rings is 1. The number of amides is 2. The van der Waals surface area contributed by atoms with E-state index in [4.69, 9.17) is 0 Å². The second-order valence-electron chi connectivity index (χ2n) is 5.55. The first-order chi connectivity index (χ1) is 9.75. The maximum atomic E-state index is 12.3. The molecule has 0 radical (unpaired) electrons. The van der Waals surface area contributed by atoms with Crippen LogP contribution in [0.5, 0.6) is 0 Å². The molecule has 0 unspecified atom stereocenters. The Balaban J connectivity index is 1.54. The van der Waals surface area contributed by atoms with Gasteiger partial charge >= 0.3 is 6.03 Å². The van der Waals surface area contributed by atoms with Crippen molar-refractivity contribution in [2.45, 2.75) is 25.7 Å². The van der Waals surface area contributed by atoms with Crippen LogP contribution in [-0.2, 0) is 4.79 Å². The highest BCUT2D eigenvalue weighted by atomic mass is 16.2. The van der Waals surface area contributed by atoms with Gasteiger partial charge in [0.2, 0.25) is 5.91 Å². The molecule has 1 saturated heterocycles. The molecular formula is C14H20N4O2. The summed E-state index contributed by atoms with van der Waals surface area (Å²) >= 11 is 0. The van der Waals surface area contributed by atoms with Crippen molar-refractivity contribution in [3.8, 4) is 0 Å². The molecule has 20 heavy (non-hydrogen) atoms. The van der Waals surface area contributed by atoms with Crippen LogP contribution in [0.25, 0.3) is 0 Å². The van der Waals surface area contributed by atoms with E-state index in [1.807, 2.05) is 4.90 Å². The third-order valence-electron chi connectivity index (χ3n) is 4.29. The molecule has 1 saturated carbocycles. The number of aromatic nitrogens is 2. The van der Waals surface area contributed by atoms with Crippen molar-refractivity contribution in [2.24, 2.45) is 5.92 Å². The molecule has 108 valence electrons. The molecule has 0 spiro atoms. The minimum atomic E-state index is -0.0598. The van der Waals surface area contributed by atoms with E-state index in [9.17, 15) is 9.59 Å². The number of nitrogens with zero attached hydrogens (tertiary/aromatic N) is 4. The Morgan fingerprint density at radius 3 is 2.25 bits per heavy atom. The Morgan fingerprint density at radius 1 is 1.00 bits per heavy atom. The molecule has 0 bridgehead atoms. The lowest BCUT2D eigenvalue weighted by Gasteiger charge is -2.35. The predicted octanol–water partition coefficient (Wildman–Crippen LogP) is 1.19. The van der Waals surface area contributed by atoms with E-state index in [1.54, 1.807) is 17.3 Å². The van der Waals surface area contributed by atoms with Crippen molar-refractivity contribution >= 4 is 11.9 Å². The lowest BCUT2D eigenvalue weighted by molar-refractivity contribution is -0.136.